The SMILES string of the molecule is NC(CCNS(=O)(=O)CC(=O)O)c1ccccc1. The van der Waals surface area contributed by atoms with E-state index in [4.69, 9.17) is 10.8 Å². The molecule has 1 unspecified atom stereocenters. The van der Waals surface area contributed by atoms with Crippen LogP contribution < -0.4 is 10.5 Å². The van der Waals surface area contributed by atoms with Crippen LogP contribution in [0.1, 0.15) is 18.0 Å². The first-order chi connectivity index (χ1) is 8.41. The Balaban J connectivity index is 2.41. The summed E-state index contributed by atoms with van der Waals surface area (Å²) >= 11 is 0. The van der Waals surface area contributed by atoms with Crippen LogP contribution in [-0.4, -0.2) is 31.8 Å². The highest BCUT2D eigenvalue weighted by molar-refractivity contribution is 7.90. The minimum Gasteiger partial charge on any atom is -0.480 e. The molecule has 0 amide bonds. The van der Waals surface area contributed by atoms with E-state index in [1.165, 1.54) is 0 Å². The molecular formula is C11H16N2O4S. The smallest absolute Gasteiger partial charge is 0.320 e. The number of carboxylic acids is 1. The van der Waals surface area contributed by atoms with Gasteiger partial charge in [0.15, 0.2) is 5.75 Å². The van der Waals surface area contributed by atoms with Crippen molar-refractivity contribution in [2.75, 3.05) is 12.3 Å². The molecule has 0 aromatic heterocycles. The lowest BCUT2D eigenvalue weighted by Crippen LogP contribution is -2.32. The topological polar surface area (TPSA) is 109 Å². The zero-order valence-corrected chi connectivity index (χ0v) is 10.6. The van der Waals surface area contributed by atoms with E-state index >= 15 is 0 Å². The van der Waals surface area contributed by atoms with Gasteiger partial charge in [0.1, 0.15) is 0 Å². The van der Waals surface area contributed by atoms with Gasteiger partial charge in [0.05, 0.1) is 0 Å². The Hall–Kier alpha value is -1.44. The van der Waals surface area contributed by atoms with E-state index in [0.717, 1.165) is 5.56 Å². The molecule has 0 aliphatic heterocycles. The number of sulfonamides is 1. The van der Waals surface area contributed by atoms with Gasteiger partial charge < -0.3 is 10.8 Å². The Bertz CT molecular complexity index is 487. The molecule has 0 heterocycles. The molecule has 18 heavy (non-hydrogen) atoms. The second kappa shape index (κ2) is 6.48. The molecular weight excluding hydrogens is 256 g/mol. The van der Waals surface area contributed by atoms with Crippen LogP contribution in [0.25, 0.3) is 0 Å². The number of rotatable bonds is 7. The van der Waals surface area contributed by atoms with E-state index in [0.29, 0.717) is 6.42 Å². The Morgan fingerprint density at radius 1 is 1.33 bits per heavy atom. The van der Waals surface area contributed by atoms with Crippen LogP contribution in [-0.2, 0) is 14.8 Å². The highest BCUT2D eigenvalue weighted by Crippen LogP contribution is 2.12. The predicted octanol–water partition coefficient (Wildman–Crippen LogP) is 0.0805. The van der Waals surface area contributed by atoms with Gasteiger partial charge >= 0.3 is 5.97 Å². The van der Waals surface area contributed by atoms with Crippen molar-refractivity contribution in [1.82, 2.24) is 4.72 Å². The van der Waals surface area contributed by atoms with Crippen molar-refractivity contribution in [3.63, 3.8) is 0 Å². The first-order valence-electron chi connectivity index (χ1n) is 5.40. The molecule has 0 bridgehead atoms. The van der Waals surface area contributed by atoms with Crippen LogP contribution in [0.5, 0.6) is 0 Å². The first-order valence-corrected chi connectivity index (χ1v) is 7.05. The van der Waals surface area contributed by atoms with Crippen molar-refractivity contribution < 1.29 is 18.3 Å². The van der Waals surface area contributed by atoms with Crippen molar-refractivity contribution >= 4 is 16.0 Å². The number of nitrogens with two attached hydrogens (primary N) is 1. The molecule has 0 saturated carbocycles. The largest absolute Gasteiger partial charge is 0.480 e. The number of nitrogens with one attached hydrogen (secondary N) is 1. The highest BCUT2D eigenvalue weighted by Gasteiger charge is 2.15. The lowest BCUT2D eigenvalue weighted by molar-refractivity contribution is -0.134. The number of carboxylic acid groups (broad SMARTS) is 1. The first kappa shape index (κ1) is 14.6. The second-order valence-electron chi connectivity index (χ2n) is 3.85. The van der Waals surface area contributed by atoms with Crippen LogP contribution >= 0.6 is 0 Å². The molecule has 0 fully saturated rings. The molecule has 1 aromatic rings. The molecule has 6 nitrogen and oxygen atoms in total. The normalized spacial score (nSPS) is 13.2. The maximum atomic E-state index is 11.2. The van der Waals surface area contributed by atoms with Crippen LogP contribution in [0, 0.1) is 0 Å². The monoisotopic (exact) mass is 272 g/mol. The summed E-state index contributed by atoms with van der Waals surface area (Å²) in [6.45, 7) is 0.117. The van der Waals surface area contributed by atoms with Gasteiger partial charge in [-0.2, -0.15) is 0 Å². The fourth-order valence-corrected chi connectivity index (χ4v) is 2.31. The number of carbonyl (C=O) groups is 1. The van der Waals surface area contributed by atoms with Gasteiger partial charge in [0.25, 0.3) is 0 Å². The maximum absolute atomic E-state index is 11.2. The molecule has 1 rings (SSSR count). The summed E-state index contributed by atoms with van der Waals surface area (Å²) in [6, 6.07) is 9.00. The van der Waals surface area contributed by atoms with Crippen LogP contribution in [0.15, 0.2) is 30.3 Å². The number of benzene rings is 1. The maximum Gasteiger partial charge on any atom is 0.320 e. The van der Waals surface area contributed by atoms with E-state index in [-0.39, 0.29) is 12.6 Å². The van der Waals surface area contributed by atoms with E-state index in [1.54, 1.807) is 0 Å². The zero-order chi connectivity index (χ0) is 13.6. The zero-order valence-electron chi connectivity index (χ0n) is 9.74. The van der Waals surface area contributed by atoms with E-state index in [9.17, 15) is 13.2 Å². The lowest BCUT2D eigenvalue weighted by atomic mass is 10.1. The average molecular weight is 272 g/mol. The third-order valence-electron chi connectivity index (χ3n) is 2.32. The van der Waals surface area contributed by atoms with Crippen molar-refractivity contribution in [3.05, 3.63) is 35.9 Å². The lowest BCUT2D eigenvalue weighted by Gasteiger charge is -2.12. The molecule has 100 valence electrons. The molecule has 0 aliphatic carbocycles. The Morgan fingerprint density at radius 3 is 2.50 bits per heavy atom. The fraction of sp³-hybridized carbons (Fsp3) is 0.364. The summed E-state index contributed by atoms with van der Waals surface area (Å²) in [5.41, 5.74) is 6.79. The van der Waals surface area contributed by atoms with Gasteiger partial charge in [-0.25, -0.2) is 13.1 Å². The molecule has 7 heteroatoms. The molecule has 0 aliphatic rings. The van der Waals surface area contributed by atoms with Gasteiger partial charge in [0.2, 0.25) is 10.0 Å². The number of aliphatic carboxylic acids is 1. The minimum atomic E-state index is -3.76. The highest BCUT2D eigenvalue weighted by atomic mass is 32.2. The van der Waals surface area contributed by atoms with Crippen molar-refractivity contribution in [1.29, 1.82) is 0 Å². The van der Waals surface area contributed by atoms with Gasteiger partial charge in [-0.05, 0) is 12.0 Å². The molecule has 0 saturated heterocycles. The summed E-state index contributed by atoms with van der Waals surface area (Å²) in [6.07, 6.45) is 0.406. The summed E-state index contributed by atoms with van der Waals surface area (Å²) < 4.78 is 24.7. The third-order valence-corrected chi connectivity index (χ3v) is 3.59. The number of hydrogen-bond acceptors (Lipinski definition) is 4. The van der Waals surface area contributed by atoms with E-state index in [1.807, 2.05) is 30.3 Å². The molecule has 1 aromatic carbocycles. The van der Waals surface area contributed by atoms with Crippen LogP contribution in [0.4, 0.5) is 0 Å². The fourth-order valence-electron chi connectivity index (χ4n) is 1.45. The van der Waals surface area contributed by atoms with E-state index in [2.05, 4.69) is 4.72 Å². The van der Waals surface area contributed by atoms with Crippen LogP contribution in [0.2, 0.25) is 0 Å². The molecule has 4 N–H and O–H groups in total. The molecule has 0 radical (unpaired) electrons. The van der Waals surface area contributed by atoms with Crippen molar-refractivity contribution in [3.8, 4) is 0 Å². The molecule has 1 atom stereocenters. The Kier molecular flexibility index (Phi) is 5.26. The summed E-state index contributed by atoms with van der Waals surface area (Å²) in [7, 11) is -3.76. The standard InChI is InChI=1S/C11H16N2O4S/c12-10(9-4-2-1-3-5-9)6-7-13-18(16,17)8-11(14)15/h1-5,10,13H,6-8,12H2,(H,14,15). The van der Waals surface area contributed by atoms with Gasteiger partial charge in [0, 0.05) is 12.6 Å². The summed E-state index contributed by atoms with van der Waals surface area (Å²) in [4.78, 5) is 10.3. The minimum absolute atomic E-state index is 0.117. The second-order valence-corrected chi connectivity index (χ2v) is 5.66. The number of hydrogen-bond donors (Lipinski definition) is 3. The van der Waals surface area contributed by atoms with Gasteiger partial charge in [-0.15, -0.1) is 0 Å². The summed E-state index contributed by atoms with van der Waals surface area (Å²) in [5.74, 6) is -2.30. The Morgan fingerprint density at radius 2 is 1.94 bits per heavy atom. The Labute approximate surface area is 106 Å². The van der Waals surface area contributed by atoms with E-state index < -0.39 is 21.7 Å². The van der Waals surface area contributed by atoms with Gasteiger partial charge in [-0.1, -0.05) is 30.3 Å². The van der Waals surface area contributed by atoms with Crippen molar-refractivity contribution in [2.24, 2.45) is 5.73 Å². The summed E-state index contributed by atoms with van der Waals surface area (Å²) in [5, 5.41) is 8.39. The molecule has 0 spiro atoms. The van der Waals surface area contributed by atoms with Gasteiger partial charge in [-0.3, -0.25) is 4.79 Å². The quantitative estimate of drug-likeness (QED) is 0.651. The average Bonchev–Trinajstić information content (AvgIpc) is 2.28. The van der Waals surface area contributed by atoms with Crippen molar-refractivity contribution in [2.45, 2.75) is 12.5 Å². The third kappa shape index (κ3) is 5.26. The predicted molar refractivity (Wildman–Crippen MR) is 67.4 cm³/mol. The van der Waals surface area contributed by atoms with Crippen LogP contribution in [0.3, 0.4) is 0 Å².